The lowest BCUT2D eigenvalue weighted by Gasteiger charge is -2.51. The maximum Gasteiger partial charge on any atom is 0.410 e. The molecule has 1 aromatic carbocycles. The summed E-state index contributed by atoms with van der Waals surface area (Å²) in [7, 11) is 2.14. The van der Waals surface area contributed by atoms with Crippen LogP contribution in [0.5, 0.6) is 0 Å². The molecule has 2 saturated heterocycles. The summed E-state index contributed by atoms with van der Waals surface area (Å²) in [5.74, 6) is -0.199. The minimum absolute atomic E-state index is 0.199. The molecule has 0 saturated carbocycles. The number of carbonyl (C=O) groups is 1. The summed E-state index contributed by atoms with van der Waals surface area (Å²) in [5, 5.41) is 0. The Labute approximate surface area is 162 Å². The highest BCUT2D eigenvalue weighted by Gasteiger charge is 2.43. The Balaban J connectivity index is 1.80. The lowest BCUT2D eigenvalue weighted by molar-refractivity contribution is -0.0231. The van der Waals surface area contributed by atoms with Crippen molar-refractivity contribution in [2.24, 2.45) is 0 Å². The number of benzene rings is 1. The second kappa shape index (κ2) is 7.76. The molecule has 1 aromatic rings. The number of hydrogen-bond acceptors (Lipinski definition) is 4. The second-order valence-corrected chi connectivity index (χ2v) is 8.80. The fourth-order valence-electron chi connectivity index (χ4n) is 4.19. The zero-order valence-electron chi connectivity index (χ0n) is 17.0. The smallest absolute Gasteiger partial charge is 0.410 e. The van der Waals surface area contributed by atoms with Crippen molar-refractivity contribution in [1.29, 1.82) is 0 Å². The molecule has 0 bridgehead atoms. The van der Waals surface area contributed by atoms with E-state index in [2.05, 4.69) is 16.8 Å². The van der Waals surface area contributed by atoms with Gasteiger partial charge in [-0.25, -0.2) is 9.18 Å². The van der Waals surface area contributed by atoms with Crippen molar-refractivity contribution in [1.82, 2.24) is 14.7 Å². The van der Waals surface area contributed by atoms with Crippen LogP contribution >= 0.6 is 0 Å². The minimum Gasteiger partial charge on any atom is -0.444 e. The number of likely N-dealkylation sites (tertiary alicyclic amines) is 1. The van der Waals surface area contributed by atoms with Crippen LogP contribution in [0.15, 0.2) is 24.3 Å². The Hall–Kier alpha value is -1.66. The van der Waals surface area contributed by atoms with Gasteiger partial charge in [0.05, 0.1) is 0 Å². The van der Waals surface area contributed by atoms with Gasteiger partial charge in [-0.2, -0.15) is 0 Å². The number of amides is 1. The fourth-order valence-corrected chi connectivity index (χ4v) is 4.19. The first-order valence-corrected chi connectivity index (χ1v) is 9.87. The molecule has 2 aliphatic heterocycles. The normalized spacial score (nSPS) is 21.9. The van der Waals surface area contributed by atoms with E-state index in [1.807, 2.05) is 26.8 Å². The summed E-state index contributed by atoms with van der Waals surface area (Å²) < 4.78 is 19.5. The van der Waals surface area contributed by atoms with E-state index < -0.39 is 5.60 Å². The summed E-state index contributed by atoms with van der Waals surface area (Å²) >= 11 is 0. The molecule has 150 valence electrons. The number of carbonyl (C=O) groups excluding carboxylic acids is 1. The van der Waals surface area contributed by atoms with E-state index in [1.54, 1.807) is 17.0 Å². The average molecular weight is 378 g/mol. The van der Waals surface area contributed by atoms with E-state index in [1.165, 1.54) is 6.07 Å². The first kappa shape index (κ1) is 20.1. The molecule has 2 aliphatic rings. The van der Waals surface area contributed by atoms with Crippen LogP contribution in [0.2, 0.25) is 0 Å². The van der Waals surface area contributed by atoms with Crippen LogP contribution in [0, 0.1) is 5.82 Å². The van der Waals surface area contributed by atoms with E-state index in [-0.39, 0.29) is 17.4 Å². The summed E-state index contributed by atoms with van der Waals surface area (Å²) in [6, 6.07) is 6.99. The monoisotopic (exact) mass is 377 g/mol. The van der Waals surface area contributed by atoms with E-state index in [0.29, 0.717) is 13.1 Å². The van der Waals surface area contributed by atoms with Crippen LogP contribution in [0.25, 0.3) is 0 Å². The zero-order chi connectivity index (χ0) is 19.7. The number of likely N-dealkylation sites (N-methyl/N-ethyl adjacent to an activating group) is 1. The molecule has 0 aliphatic carbocycles. The van der Waals surface area contributed by atoms with Gasteiger partial charge in [-0.3, -0.25) is 4.90 Å². The van der Waals surface area contributed by atoms with E-state index in [4.69, 9.17) is 4.74 Å². The van der Waals surface area contributed by atoms with Gasteiger partial charge in [0.2, 0.25) is 0 Å². The van der Waals surface area contributed by atoms with Crippen molar-refractivity contribution >= 4 is 6.09 Å². The average Bonchev–Trinajstić information content (AvgIpc) is 2.61. The molecule has 0 aromatic heterocycles. The van der Waals surface area contributed by atoms with Crippen molar-refractivity contribution in [2.75, 3.05) is 46.3 Å². The predicted molar refractivity (Wildman–Crippen MR) is 104 cm³/mol. The molecule has 3 rings (SSSR count). The molecule has 0 spiro atoms. The van der Waals surface area contributed by atoms with Crippen molar-refractivity contribution < 1.29 is 13.9 Å². The van der Waals surface area contributed by atoms with Gasteiger partial charge in [0.1, 0.15) is 11.4 Å². The van der Waals surface area contributed by atoms with E-state index in [9.17, 15) is 9.18 Å². The summed E-state index contributed by atoms with van der Waals surface area (Å²) in [6.07, 6.45) is 1.33. The molecule has 27 heavy (non-hydrogen) atoms. The zero-order valence-corrected chi connectivity index (χ0v) is 17.0. The Morgan fingerprint density at radius 3 is 2.26 bits per heavy atom. The van der Waals surface area contributed by atoms with Crippen LogP contribution in [0.4, 0.5) is 9.18 Å². The topological polar surface area (TPSA) is 36.0 Å². The lowest BCUT2D eigenvalue weighted by Crippen LogP contribution is -2.59. The molecule has 1 amide bonds. The molecular weight excluding hydrogens is 345 g/mol. The highest BCUT2D eigenvalue weighted by molar-refractivity contribution is 5.68. The molecule has 0 radical (unpaired) electrons. The Bertz CT molecular complexity index is 658. The molecule has 0 atom stereocenters. The maximum absolute atomic E-state index is 14.0. The van der Waals surface area contributed by atoms with Gasteiger partial charge < -0.3 is 14.5 Å². The molecular formula is C21H32FN3O2. The SMILES string of the molecule is CN1CCN(C2(c3cccc(F)c3)CCN(C(=O)OC(C)(C)C)CC2)CC1. The molecule has 0 unspecified atom stereocenters. The van der Waals surface area contributed by atoms with Crippen molar-refractivity contribution in [3.63, 3.8) is 0 Å². The number of piperidine rings is 1. The number of halogens is 1. The largest absolute Gasteiger partial charge is 0.444 e. The molecule has 6 heteroatoms. The van der Waals surface area contributed by atoms with Crippen LogP contribution in [-0.2, 0) is 10.3 Å². The second-order valence-electron chi connectivity index (χ2n) is 8.80. The molecule has 2 heterocycles. The quantitative estimate of drug-likeness (QED) is 0.792. The third-order valence-corrected chi connectivity index (χ3v) is 5.71. The van der Waals surface area contributed by atoms with E-state index >= 15 is 0 Å². The van der Waals surface area contributed by atoms with Gasteiger partial charge in [0, 0.05) is 44.8 Å². The lowest BCUT2D eigenvalue weighted by atomic mass is 9.78. The van der Waals surface area contributed by atoms with Gasteiger partial charge in [-0.05, 0) is 58.4 Å². The van der Waals surface area contributed by atoms with Gasteiger partial charge >= 0.3 is 6.09 Å². The molecule has 0 N–H and O–H groups in total. The standard InChI is InChI=1S/C21H32FN3O2/c1-20(2,3)27-19(26)24-10-8-21(9-11-24,17-6-5-7-18(22)16-17)25-14-12-23(4)13-15-25/h5-7,16H,8-15H2,1-4H3. The number of hydrogen-bond donors (Lipinski definition) is 0. The third kappa shape index (κ3) is 4.61. The van der Waals surface area contributed by atoms with Gasteiger partial charge in [-0.1, -0.05) is 12.1 Å². The minimum atomic E-state index is -0.494. The highest BCUT2D eigenvalue weighted by Crippen LogP contribution is 2.40. The maximum atomic E-state index is 14.0. The first-order chi connectivity index (χ1) is 12.7. The Morgan fingerprint density at radius 2 is 1.70 bits per heavy atom. The summed E-state index contributed by atoms with van der Waals surface area (Å²) in [4.78, 5) is 19.1. The van der Waals surface area contributed by atoms with Crippen molar-refractivity contribution in [3.8, 4) is 0 Å². The summed E-state index contributed by atoms with van der Waals surface area (Å²) in [6.45, 7) is 10.8. The van der Waals surface area contributed by atoms with Crippen molar-refractivity contribution in [3.05, 3.63) is 35.6 Å². The highest BCUT2D eigenvalue weighted by atomic mass is 19.1. The van der Waals surface area contributed by atoms with Crippen LogP contribution in [0.1, 0.15) is 39.2 Å². The number of rotatable bonds is 2. The number of piperazine rings is 1. The predicted octanol–water partition coefficient (Wildman–Crippen LogP) is 3.30. The molecule has 2 fully saturated rings. The van der Waals surface area contributed by atoms with Gasteiger partial charge in [0.15, 0.2) is 0 Å². The van der Waals surface area contributed by atoms with Crippen LogP contribution in [-0.4, -0.2) is 72.7 Å². The fraction of sp³-hybridized carbons (Fsp3) is 0.667. The number of ether oxygens (including phenoxy) is 1. The van der Waals surface area contributed by atoms with Gasteiger partial charge in [-0.15, -0.1) is 0 Å². The summed E-state index contributed by atoms with van der Waals surface area (Å²) in [5.41, 5.74) is 0.309. The van der Waals surface area contributed by atoms with Gasteiger partial charge in [0.25, 0.3) is 0 Å². The first-order valence-electron chi connectivity index (χ1n) is 9.87. The Kier molecular flexibility index (Phi) is 5.77. The van der Waals surface area contributed by atoms with Crippen LogP contribution < -0.4 is 0 Å². The van der Waals surface area contributed by atoms with E-state index in [0.717, 1.165) is 44.6 Å². The Morgan fingerprint density at radius 1 is 1.07 bits per heavy atom. The molecule has 5 nitrogen and oxygen atoms in total. The van der Waals surface area contributed by atoms with Crippen LogP contribution in [0.3, 0.4) is 0 Å². The van der Waals surface area contributed by atoms with Crippen molar-refractivity contribution in [2.45, 2.75) is 44.8 Å². The number of nitrogens with zero attached hydrogens (tertiary/aromatic N) is 3. The third-order valence-electron chi connectivity index (χ3n) is 5.71.